The largest absolute Gasteiger partial charge is 0.464 e. The van der Waals surface area contributed by atoms with Crippen molar-refractivity contribution < 1.29 is 4.42 Å². The molecule has 0 spiro atoms. The Morgan fingerprint density at radius 1 is 1.25 bits per heavy atom. The monoisotopic (exact) mass is 268 g/mol. The molecule has 0 saturated heterocycles. The minimum Gasteiger partial charge on any atom is -0.464 e. The number of hydrogen-bond donors (Lipinski definition) is 2. The minimum absolute atomic E-state index is 0.623. The summed E-state index contributed by atoms with van der Waals surface area (Å²) in [4.78, 5) is 9.09. The highest BCUT2D eigenvalue weighted by Crippen LogP contribution is 2.30. The lowest BCUT2D eigenvalue weighted by molar-refractivity contribution is 0.616. The molecule has 2 heterocycles. The van der Waals surface area contributed by atoms with Crippen LogP contribution >= 0.6 is 0 Å². The summed E-state index contributed by atoms with van der Waals surface area (Å²) in [5, 5.41) is 0.999. The maximum Gasteiger partial charge on any atom is 0.165 e. The zero-order valence-corrected chi connectivity index (χ0v) is 11.5. The Bertz CT molecular complexity index is 764. The molecule has 1 aromatic carbocycles. The molecular formula is C15H16N4O. The van der Waals surface area contributed by atoms with Crippen LogP contribution in [0, 0.1) is 6.92 Å². The molecule has 0 aliphatic heterocycles. The lowest BCUT2D eigenvalue weighted by Crippen LogP contribution is -2.13. The predicted molar refractivity (Wildman–Crippen MR) is 79.2 cm³/mol. The number of benzene rings is 1. The van der Waals surface area contributed by atoms with Crippen LogP contribution < -0.4 is 11.3 Å². The molecule has 0 unspecified atom stereocenters. The van der Waals surface area contributed by atoms with E-state index in [2.05, 4.69) is 22.3 Å². The first-order valence-electron chi connectivity index (χ1n) is 6.55. The summed E-state index contributed by atoms with van der Waals surface area (Å²) in [6.07, 6.45) is 2.52. The van der Waals surface area contributed by atoms with Gasteiger partial charge in [0.15, 0.2) is 5.82 Å². The first-order valence-corrected chi connectivity index (χ1v) is 6.55. The Morgan fingerprint density at radius 2 is 2.05 bits per heavy atom. The second-order valence-electron chi connectivity index (χ2n) is 4.60. The summed E-state index contributed by atoms with van der Waals surface area (Å²) in [7, 11) is 0. The number of fused-ring (bicyclic) bond motifs is 1. The Hall–Kier alpha value is -2.40. The van der Waals surface area contributed by atoms with E-state index in [1.165, 1.54) is 0 Å². The van der Waals surface area contributed by atoms with E-state index in [9.17, 15) is 0 Å². The summed E-state index contributed by atoms with van der Waals surface area (Å²) in [5.74, 6) is 6.86. The van der Waals surface area contributed by atoms with Crippen LogP contribution in [0.1, 0.15) is 18.2 Å². The van der Waals surface area contributed by atoms with Crippen LogP contribution in [0.4, 0.5) is 5.82 Å². The number of para-hydroxylation sites is 1. The number of nitrogens with two attached hydrogens (primary N) is 1. The van der Waals surface area contributed by atoms with Crippen LogP contribution in [0.25, 0.3) is 22.4 Å². The fourth-order valence-electron chi connectivity index (χ4n) is 2.41. The van der Waals surface area contributed by atoms with E-state index in [0.29, 0.717) is 11.6 Å². The maximum absolute atomic E-state index is 5.57. The zero-order valence-electron chi connectivity index (χ0n) is 11.5. The third-order valence-corrected chi connectivity index (χ3v) is 3.43. The Labute approximate surface area is 116 Å². The molecule has 0 aliphatic rings. The average Bonchev–Trinajstić information content (AvgIpc) is 2.90. The number of aryl methyl sites for hydroxylation is 1. The number of aromatic nitrogens is 2. The van der Waals surface area contributed by atoms with Gasteiger partial charge in [0.2, 0.25) is 0 Å². The van der Waals surface area contributed by atoms with Crippen molar-refractivity contribution in [1.29, 1.82) is 0 Å². The van der Waals surface area contributed by atoms with Crippen LogP contribution in [0.3, 0.4) is 0 Å². The molecule has 20 heavy (non-hydrogen) atoms. The van der Waals surface area contributed by atoms with Gasteiger partial charge in [-0.1, -0.05) is 25.1 Å². The number of nitrogens with zero attached hydrogens (tertiary/aromatic N) is 2. The van der Waals surface area contributed by atoms with Crippen molar-refractivity contribution in [2.75, 3.05) is 5.43 Å². The van der Waals surface area contributed by atoms with Crippen molar-refractivity contribution in [3.05, 3.63) is 41.8 Å². The standard InChI is InChI=1S/C15H16N4O/c1-3-10-9(2)17-14(18-15(10)19-16)12-8-20-13-7-5-4-6-11(12)13/h4-8H,3,16H2,1-2H3,(H,17,18,19). The molecule has 0 atom stereocenters. The number of anilines is 1. The highest BCUT2D eigenvalue weighted by Gasteiger charge is 2.14. The van der Waals surface area contributed by atoms with Gasteiger partial charge in [-0.25, -0.2) is 15.8 Å². The zero-order chi connectivity index (χ0) is 14.1. The fraction of sp³-hybridized carbons (Fsp3) is 0.200. The average molecular weight is 268 g/mol. The topological polar surface area (TPSA) is 77.0 Å². The third-order valence-electron chi connectivity index (χ3n) is 3.43. The van der Waals surface area contributed by atoms with Crippen LogP contribution in [-0.2, 0) is 6.42 Å². The number of hydrogen-bond acceptors (Lipinski definition) is 5. The number of nitrogen functional groups attached to an aromatic ring is 1. The van der Waals surface area contributed by atoms with Gasteiger partial charge in [0.25, 0.3) is 0 Å². The molecule has 0 aliphatic carbocycles. The van der Waals surface area contributed by atoms with Crippen LogP contribution in [0.5, 0.6) is 0 Å². The van der Waals surface area contributed by atoms with Crippen molar-refractivity contribution in [3.8, 4) is 11.4 Å². The molecule has 3 N–H and O–H groups in total. The summed E-state index contributed by atoms with van der Waals surface area (Å²) in [6.45, 7) is 4.02. The second-order valence-corrected chi connectivity index (χ2v) is 4.60. The number of hydrazine groups is 1. The smallest absolute Gasteiger partial charge is 0.165 e. The molecule has 0 fully saturated rings. The van der Waals surface area contributed by atoms with Crippen LogP contribution in [0.15, 0.2) is 34.9 Å². The quantitative estimate of drug-likeness (QED) is 0.564. The summed E-state index contributed by atoms with van der Waals surface area (Å²) in [5.41, 5.74) is 6.32. The van der Waals surface area contributed by atoms with Gasteiger partial charge >= 0.3 is 0 Å². The minimum atomic E-state index is 0.623. The maximum atomic E-state index is 5.57. The highest BCUT2D eigenvalue weighted by atomic mass is 16.3. The van der Waals surface area contributed by atoms with Gasteiger partial charge in [0, 0.05) is 16.6 Å². The molecule has 2 aromatic heterocycles. The first-order chi connectivity index (χ1) is 9.74. The fourth-order valence-corrected chi connectivity index (χ4v) is 2.41. The van der Waals surface area contributed by atoms with Gasteiger partial charge in [-0.2, -0.15) is 0 Å². The van der Waals surface area contributed by atoms with E-state index >= 15 is 0 Å². The van der Waals surface area contributed by atoms with Crippen molar-refractivity contribution in [1.82, 2.24) is 9.97 Å². The van der Waals surface area contributed by atoms with E-state index < -0.39 is 0 Å². The van der Waals surface area contributed by atoms with Crippen molar-refractivity contribution in [2.45, 2.75) is 20.3 Å². The van der Waals surface area contributed by atoms with Gasteiger partial charge in [-0.3, -0.25) is 0 Å². The number of nitrogens with one attached hydrogen (secondary N) is 1. The Morgan fingerprint density at radius 3 is 2.80 bits per heavy atom. The summed E-state index contributed by atoms with van der Waals surface area (Å²) >= 11 is 0. The molecule has 3 rings (SSSR count). The molecule has 0 saturated carbocycles. The van der Waals surface area contributed by atoms with Gasteiger partial charge < -0.3 is 9.84 Å². The van der Waals surface area contributed by atoms with Crippen molar-refractivity contribution in [2.24, 2.45) is 5.84 Å². The molecule has 0 bridgehead atoms. The van der Waals surface area contributed by atoms with Gasteiger partial charge in [-0.15, -0.1) is 0 Å². The molecular weight excluding hydrogens is 252 g/mol. The van der Waals surface area contributed by atoms with E-state index in [4.69, 9.17) is 10.3 Å². The van der Waals surface area contributed by atoms with Gasteiger partial charge in [0.1, 0.15) is 17.7 Å². The molecule has 5 heteroatoms. The van der Waals surface area contributed by atoms with Crippen molar-refractivity contribution >= 4 is 16.8 Å². The van der Waals surface area contributed by atoms with Crippen molar-refractivity contribution in [3.63, 3.8) is 0 Å². The third kappa shape index (κ3) is 1.92. The first kappa shape index (κ1) is 12.6. The SMILES string of the molecule is CCc1c(C)nc(-c2coc3ccccc23)nc1NN. The summed E-state index contributed by atoms with van der Waals surface area (Å²) < 4.78 is 5.54. The molecule has 5 nitrogen and oxygen atoms in total. The lowest BCUT2D eigenvalue weighted by Gasteiger charge is -2.10. The van der Waals surface area contributed by atoms with E-state index in [0.717, 1.165) is 34.2 Å². The van der Waals surface area contributed by atoms with E-state index in [1.807, 2.05) is 31.2 Å². The Kier molecular flexibility index (Phi) is 3.12. The number of rotatable bonds is 3. The molecule has 0 amide bonds. The summed E-state index contributed by atoms with van der Waals surface area (Å²) in [6, 6.07) is 7.83. The predicted octanol–water partition coefficient (Wildman–Crippen LogP) is 3.05. The second kappa shape index (κ2) is 4.94. The number of furan rings is 1. The van der Waals surface area contributed by atoms with E-state index in [-0.39, 0.29) is 0 Å². The normalized spacial score (nSPS) is 10.9. The van der Waals surface area contributed by atoms with E-state index in [1.54, 1.807) is 6.26 Å². The van der Waals surface area contributed by atoms with Gasteiger partial charge in [0.05, 0.1) is 5.56 Å². The molecule has 0 radical (unpaired) electrons. The van der Waals surface area contributed by atoms with Crippen LogP contribution in [-0.4, -0.2) is 9.97 Å². The molecule has 102 valence electrons. The Balaban J connectivity index is 2.22. The van der Waals surface area contributed by atoms with Crippen LogP contribution in [0.2, 0.25) is 0 Å². The molecule has 3 aromatic rings. The lowest BCUT2D eigenvalue weighted by atomic mass is 10.1. The van der Waals surface area contributed by atoms with Gasteiger partial charge in [-0.05, 0) is 19.4 Å². The highest BCUT2D eigenvalue weighted by molar-refractivity contribution is 5.92.